The van der Waals surface area contributed by atoms with E-state index < -0.39 is 5.97 Å². The van der Waals surface area contributed by atoms with Crippen LogP contribution in [0.15, 0.2) is 12.4 Å². The Labute approximate surface area is 106 Å². The topological polar surface area (TPSA) is 58.4 Å². The number of aryl methyl sites for hydroxylation is 1. The minimum Gasteiger partial charge on any atom is -0.481 e. The summed E-state index contributed by atoms with van der Waals surface area (Å²) < 4.78 is 2.03. The molecule has 1 N–H and O–H groups in total. The zero-order chi connectivity index (χ0) is 12.7. The van der Waals surface area contributed by atoms with E-state index in [2.05, 4.69) is 9.88 Å². The van der Waals surface area contributed by atoms with Gasteiger partial charge < -0.3 is 9.67 Å². The second-order valence-corrected chi connectivity index (χ2v) is 5.42. The molecule has 3 rings (SSSR count). The Balaban J connectivity index is 1.64. The van der Waals surface area contributed by atoms with Crippen molar-refractivity contribution in [1.29, 1.82) is 0 Å². The average Bonchev–Trinajstić information content (AvgIpc) is 3.01. The molecule has 0 saturated carbocycles. The number of rotatable bonds is 4. The standard InChI is InChI=1S/C13H19N3O2/c1-15-7-5-14-12(15)4-6-16-9-2-3-11(16)10(8-9)13(17)18/h5,7,9-11H,2-4,6,8H2,1H3,(H,17,18). The number of carboxylic acid groups (broad SMARTS) is 1. The highest BCUT2D eigenvalue weighted by molar-refractivity contribution is 5.71. The third kappa shape index (κ3) is 1.82. The summed E-state index contributed by atoms with van der Waals surface area (Å²) in [5.41, 5.74) is 0. The summed E-state index contributed by atoms with van der Waals surface area (Å²) in [6.07, 6.45) is 7.71. The molecule has 5 nitrogen and oxygen atoms in total. The summed E-state index contributed by atoms with van der Waals surface area (Å²) in [7, 11) is 2.00. The van der Waals surface area contributed by atoms with Crippen molar-refractivity contribution in [2.75, 3.05) is 6.54 Å². The van der Waals surface area contributed by atoms with E-state index in [4.69, 9.17) is 0 Å². The van der Waals surface area contributed by atoms with E-state index in [1.54, 1.807) is 0 Å². The Morgan fingerprint density at radius 2 is 2.39 bits per heavy atom. The van der Waals surface area contributed by atoms with Crippen molar-refractivity contribution in [3.8, 4) is 0 Å². The normalized spacial score (nSPS) is 31.1. The highest BCUT2D eigenvalue weighted by Crippen LogP contribution is 2.41. The van der Waals surface area contributed by atoms with Crippen LogP contribution in [0, 0.1) is 5.92 Å². The molecule has 18 heavy (non-hydrogen) atoms. The van der Waals surface area contributed by atoms with Crippen LogP contribution < -0.4 is 0 Å². The quantitative estimate of drug-likeness (QED) is 0.861. The molecule has 3 heterocycles. The van der Waals surface area contributed by atoms with Crippen LogP contribution in [0.4, 0.5) is 0 Å². The van der Waals surface area contributed by atoms with Crippen LogP contribution in [0.25, 0.3) is 0 Å². The lowest BCUT2D eigenvalue weighted by Crippen LogP contribution is -2.34. The van der Waals surface area contributed by atoms with Crippen molar-refractivity contribution in [3.05, 3.63) is 18.2 Å². The Morgan fingerprint density at radius 3 is 3.00 bits per heavy atom. The van der Waals surface area contributed by atoms with Crippen LogP contribution in [-0.2, 0) is 18.3 Å². The third-order valence-corrected chi connectivity index (χ3v) is 4.51. The van der Waals surface area contributed by atoms with E-state index in [9.17, 15) is 9.90 Å². The summed E-state index contributed by atoms with van der Waals surface area (Å²) in [5, 5.41) is 9.21. The SMILES string of the molecule is Cn1ccnc1CCN1C2CCC1C(C(=O)O)C2. The molecule has 2 aliphatic rings. The van der Waals surface area contributed by atoms with E-state index in [0.29, 0.717) is 6.04 Å². The fraction of sp³-hybridized carbons (Fsp3) is 0.692. The Kier molecular flexibility index (Phi) is 2.86. The molecule has 1 aromatic rings. The van der Waals surface area contributed by atoms with E-state index in [1.807, 2.05) is 24.0 Å². The molecule has 5 heteroatoms. The van der Waals surface area contributed by atoms with Crippen LogP contribution in [0.3, 0.4) is 0 Å². The van der Waals surface area contributed by atoms with E-state index in [-0.39, 0.29) is 12.0 Å². The molecule has 0 amide bonds. The van der Waals surface area contributed by atoms with Gasteiger partial charge in [0.05, 0.1) is 5.92 Å². The van der Waals surface area contributed by atoms with Crippen molar-refractivity contribution < 1.29 is 9.90 Å². The first kappa shape index (κ1) is 11.7. The van der Waals surface area contributed by atoms with Crippen molar-refractivity contribution >= 4 is 5.97 Å². The first-order chi connectivity index (χ1) is 8.66. The monoisotopic (exact) mass is 249 g/mol. The van der Waals surface area contributed by atoms with Gasteiger partial charge in [0.2, 0.25) is 0 Å². The van der Waals surface area contributed by atoms with Gasteiger partial charge in [0, 0.05) is 44.5 Å². The lowest BCUT2D eigenvalue weighted by atomic mass is 9.89. The van der Waals surface area contributed by atoms with Gasteiger partial charge in [-0.1, -0.05) is 0 Å². The molecule has 1 aromatic heterocycles. The predicted molar refractivity (Wildman–Crippen MR) is 66.2 cm³/mol. The third-order valence-electron chi connectivity index (χ3n) is 4.51. The minimum atomic E-state index is -0.621. The van der Waals surface area contributed by atoms with Crippen LogP contribution in [0.5, 0.6) is 0 Å². The Bertz CT molecular complexity index is 457. The molecule has 0 radical (unpaired) electrons. The number of hydrogen-bond donors (Lipinski definition) is 1. The fourth-order valence-corrected chi connectivity index (χ4v) is 3.58. The van der Waals surface area contributed by atoms with E-state index >= 15 is 0 Å². The summed E-state index contributed by atoms with van der Waals surface area (Å²) in [4.78, 5) is 17.9. The highest BCUT2D eigenvalue weighted by atomic mass is 16.4. The zero-order valence-corrected chi connectivity index (χ0v) is 10.6. The molecule has 0 aromatic carbocycles. The molecule has 3 atom stereocenters. The molecule has 0 aliphatic carbocycles. The molecule has 3 unspecified atom stereocenters. The second-order valence-electron chi connectivity index (χ2n) is 5.42. The number of nitrogens with zero attached hydrogens (tertiary/aromatic N) is 3. The molecular formula is C13H19N3O2. The van der Waals surface area contributed by atoms with Crippen LogP contribution in [0.1, 0.15) is 25.1 Å². The maximum absolute atomic E-state index is 11.2. The van der Waals surface area contributed by atoms with Gasteiger partial charge in [0.15, 0.2) is 0 Å². The second kappa shape index (κ2) is 4.39. The van der Waals surface area contributed by atoms with Crippen molar-refractivity contribution in [2.24, 2.45) is 13.0 Å². The van der Waals surface area contributed by atoms with Crippen molar-refractivity contribution in [3.63, 3.8) is 0 Å². The molecular weight excluding hydrogens is 230 g/mol. The maximum Gasteiger partial charge on any atom is 0.308 e. The highest BCUT2D eigenvalue weighted by Gasteiger charge is 2.48. The number of aromatic nitrogens is 2. The maximum atomic E-state index is 11.2. The van der Waals surface area contributed by atoms with E-state index in [1.165, 1.54) is 0 Å². The smallest absolute Gasteiger partial charge is 0.308 e. The summed E-state index contributed by atoms with van der Waals surface area (Å²) in [6, 6.07) is 0.740. The lowest BCUT2D eigenvalue weighted by molar-refractivity contribution is -0.142. The average molecular weight is 249 g/mol. The van der Waals surface area contributed by atoms with Gasteiger partial charge in [0.25, 0.3) is 0 Å². The number of fused-ring (bicyclic) bond motifs is 2. The minimum absolute atomic E-state index is 0.148. The Morgan fingerprint density at radius 1 is 1.56 bits per heavy atom. The molecule has 2 saturated heterocycles. The van der Waals surface area contributed by atoms with Gasteiger partial charge in [-0.3, -0.25) is 9.69 Å². The van der Waals surface area contributed by atoms with Crippen LogP contribution in [-0.4, -0.2) is 44.2 Å². The van der Waals surface area contributed by atoms with Crippen molar-refractivity contribution in [2.45, 2.75) is 37.8 Å². The molecule has 2 bridgehead atoms. The number of aliphatic carboxylic acids is 1. The first-order valence-corrected chi connectivity index (χ1v) is 6.61. The zero-order valence-electron chi connectivity index (χ0n) is 10.6. The summed E-state index contributed by atoms with van der Waals surface area (Å²) >= 11 is 0. The molecule has 0 spiro atoms. The van der Waals surface area contributed by atoms with Gasteiger partial charge in [0.1, 0.15) is 5.82 Å². The number of hydrogen-bond acceptors (Lipinski definition) is 3. The summed E-state index contributed by atoms with van der Waals surface area (Å²) in [5.74, 6) is 0.308. The van der Waals surface area contributed by atoms with Crippen molar-refractivity contribution in [1.82, 2.24) is 14.5 Å². The number of carbonyl (C=O) groups is 1. The lowest BCUT2D eigenvalue weighted by Gasteiger charge is -2.22. The van der Waals surface area contributed by atoms with Crippen LogP contribution >= 0.6 is 0 Å². The van der Waals surface area contributed by atoms with Crippen LogP contribution in [0.2, 0.25) is 0 Å². The summed E-state index contributed by atoms with van der Waals surface area (Å²) in [6.45, 7) is 0.934. The fourth-order valence-electron chi connectivity index (χ4n) is 3.58. The molecule has 2 fully saturated rings. The van der Waals surface area contributed by atoms with Gasteiger partial charge in [-0.2, -0.15) is 0 Å². The van der Waals surface area contributed by atoms with Gasteiger partial charge in [-0.05, 0) is 19.3 Å². The predicted octanol–water partition coefficient (Wildman–Crippen LogP) is 0.900. The number of carboxylic acids is 1. The first-order valence-electron chi connectivity index (χ1n) is 6.61. The van der Waals surface area contributed by atoms with Gasteiger partial charge >= 0.3 is 5.97 Å². The molecule has 98 valence electrons. The van der Waals surface area contributed by atoms with Gasteiger partial charge in [-0.25, -0.2) is 4.98 Å². The Hall–Kier alpha value is -1.36. The number of imidazole rings is 1. The van der Waals surface area contributed by atoms with Gasteiger partial charge in [-0.15, -0.1) is 0 Å². The largest absolute Gasteiger partial charge is 0.481 e. The molecule has 2 aliphatic heterocycles. The van der Waals surface area contributed by atoms with E-state index in [0.717, 1.165) is 38.1 Å².